The van der Waals surface area contributed by atoms with E-state index in [9.17, 15) is 22.8 Å². The number of carbonyl (C=O) groups is 3. The summed E-state index contributed by atoms with van der Waals surface area (Å²) in [5, 5.41) is 5.49. The normalized spacial score (nSPS) is 16.2. The highest BCUT2D eigenvalue weighted by atomic mass is 32.2. The molecule has 2 aromatic rings. The van der Waals surface area contributed by atoms with Crippen LogP contribution in [0.2, 0.25) is 0 Å². The summed E-state index contributed by atoms with van der Waals surface area (Å²) in [6, 6.07) is 10.9. The van der Waals surface area contributed by atoms with Crippen molar-refractivity contribution in [3.05, 3.63) is 60.2 Å². The number of para-hydroxylation sites is 1. The largest absolute Gasteiger partial charge is 0.390 e. The van der Waals surface area contributed by atoms with E-state index in [2.05, 4.69) is 10.6 Å². The Morgan fingerprint density at radius 1 is 1.11 bits per heavy atom. The molecule has 1 heterocycles. The molecule has 194 valence electrons. The Morgan fingerprint density at radius 2 is 1.81 bits per heavy atom. The second-order valence-electron chi connectivity index (χ2n) is 8.60. The van der Waals surface area contributed by atoms with Gasteiger partial charge in [0.15, 0.2) is 0 Å². The van der Waals surface area contributed by atoms with E-state index < -0.39 is 40.1 Å². The average molecular weight is 517 g/mol. The number of benzene rings is 2. The van der Waals surface area contributed by atoms with Crippen molar-refractivity contribution in [2.45, 2.75) is 56.0 Å². The second-order valence-corrected chi connectivity index (χ2v) is 10.4. The third-order valence-electron chi connectivity index (χ3n) is 5.84. The van der Waals surface area contributed by atoms with Crippen LogP contribution < -0.4 is 16.4 Å². The van der Waals surface area contributed by atoms with Gasteiger partial charge < -0.3 is 21.1 Å². The number of sulfonamides is 1. The first-order valence-corrected chi connectivity index (χ1v) is 13.3. The number of hydrogen-bond donors (Lipinski definition) is 3. The lowest BCUT2D eigenvalue weighted by molar-refractivity contribution is -0.163. The molecule has 1 aliphatic heterocycles. The van der Waals surface area contributed by atoms with Gasteiger partial charge in [-0.2, -0.15) is 0 Å². The predicted molar refractivity (Wildman–Crippen MR) is 134 cm³/mol. The zero-order valence-corrected chi connectivity index (χ0v) is 21.0. The molecule has 0 radical (unpaired) electrons. The lowest BCUT2D eigenvalue weighted by Crippen LogP contribution is -2.51. The van der Waals surface area contributed by atoms with E-state index in [1.807, 2.05) is 0 Å². The standard InChI is InChI=1S/C25H32N4O6S/c1-18-12-14-20(15-13-18)36(33,34)29(25(32)28-19-8-3-2-4-9-19)22(11-5-6-16-26)24(31)35-23(30)21-10-7-17-27-21/h2-4,8-9,12-15,21-22,27H,5-7,10-11,16-17,26H2,1H3,(H,28,32)/t21-,22-/m0/s1. The number of esters is 2. The number of aryl methyl sites for hydroxylation is 1. The van der Waals surface area contributed by atoms with Gasteiger partial charge in [0, 0.05) is 5.69 Å². The number of anilines is 1. The van der Waals surface area contributed by atoms with Crippen molar-refractivity contribution in [1.82, 2.24) is 9.62 Å². The van der Waals surface area contributed by atoms with Crippen LogP contribution in [0.4, 0.5) is 10.5 Å². The zero-order chi connectivity index (χ0) is 26.1. The fourth-order valence-electron chi connectivity index (χ4n) is 3.88. The lowest BCUT2D eigenvalue weighted by Gasteiger charge is -2.29. The number of nitrogens with two attached hydrogens (primary N) is 1. The van der Waals surface area contributed by atoms with Gasteiger partial charge in [-0.3, -0.25) is 0 Å². The maximum atomic E-state index is 13.7. The summed E-state index contributed by atoms with van der Waals surface area (Å²) >= 11 is 0. The van der Waals surface area contributed by atoms with Crippen LogP contribution in [0.15, 0.2) is 59.5 Å². The number of unbranched alkanes of at least 4 members (excludes halogenated alkanes) is 1. The molecule has 0 aliphatic carbocycles. The van der Waals surface area contributed by atoms with Crippen molar-refractivity contribution >= 4 is 33.7 Å². The van der Waals surface area contributed by atoms with Gasteiger partial charge in [0.25, 0.3) is 10.0 Å². The van der Waals surface area contributed by atoms with E-state index in [4.69, 9.17) is 10.5 Å². The predicted octanol–water partition coefficient (Wildman–Crippen LogP) is 2.54. The topological polar surface area (TPSA) is 148 Å². The number of carbonyl (C=O) groups excluding carboxylic acids is 3. The van der Waals surface area contributed by atoms with Crippen molar-refractivity contribution in [1.29, 1.82) is 0 Å². The van der Waals surface area contributed by atoms with Gasteiger partial charge in [-0.05, 0) is 76.4 Å². The smallest absolute Gasteiger partial charge is 0.337 e. The van der Waals surface area contributed by atoms with E-state index in [1.54, 1.807) is 49.4 Å². The number of urea groups is 1. The van der Waals surface area contributed by atoms with Crippen LogP contribution >= 0.6 is 0 Å². The summed E-state index contributed by atoms with van der Waals surface area (Å²) in [5.41, 5.74) is 6.76. The fourth-order valence-corrected chi connectivity index (χ4v) is 5.38. The summed E-state index contributed by atoms with van der Waals surface area (Å²) in [7, 11) is -4.51. The minimum absolute atomic E-state index is 0.0608. The number of rotatable bonds is 10. The Bertz CT molecular complexity index is 1150. The van der Waals surface area contributed by atoms with E-state index in [0.717, 1.165) is 12.0 Å². The van der Waals surface area contributed by atoms with Gasteiger partial charge >= 0.3 is 18.0 Å². The second kappa shape index (κ2) is 12.6. The molecule has 11 heteroatoms. The fraction of sp³-hybridized carbons (Fsp3) is 0.400. The molecular formula is C25H32N4O6S. The van der Waals surface area contributed by atoms with Gasteiger partial charge in [0.05, 0.1) is 4.90 Å². The van der Waals surface area contributed by atoms with Crippen LogP contribution in [0.5, 0.6) is 0 Å². The van der Waals surface area contributed by atoms with Crippen molar-refractivity contribution in [3.8, 4) is 0 Å². The molecule has 0 spiro atoms. The van der Waals surface area contributed by atoms with Crippen molar-refractivity contribution < 1.29 is 27.5 Å². The van der Waals surface area contributed by atoms with E-state index >= 15 is 0 Å². The van der Waals surface area contributed by atoms with E-state index in [0.29, 0.717) is 42.3 Å². The molecule has 1 saturated heterocycles. The molecule has 2 amide bonds. The molecule has 0 unspecified atom stereocenters. The van der Waals surface area contributed by atoms with Crippen LogP contribution in [-0.2, 0) is 24.3 Å². The Kier molecular flexibility index (Phi) is 9.57. The van der Waals surface area contributed by atoms with Gasteiger partial charge in [0.2, 0.25) is 0 Å². The lowest BCUT2D eigenvalue weighted by atomic mass is 10.1. The van der Waals surface area contributed by atoms with Crippen LogP contribution in [0.3, 0.4) is 0 Å². The van der Waals surface area contributed by atoms with E-state index in [-0.39, 0.29) is 11.3 Å². The molecule has 0 saturated carbocycles. The summed E-state index contributed by atoms with van der Waals surface area (Å²) in [5.74, 6) is -1.90. The average Bonchev–Trinajstić information content (AvgIpc) is 3.39. The van der Waals surface area contributed by atoms with Crippen LogP contribution in [0.25, 0.3) is 0 Å². The Morgan fingerprint density at radius 3 is 2.42 bits per heavy atom. The summed E-state index contributed by atoms with van der Waals surface area (Å²) in [6.45, 7) is 2.72. The monoisotopic (exact) mass is 516 g/mol. The maximum Gasteiger partial charge on any atom is 0.337 e. The highest BCUT2D eigenvalue weighted by Gasteiger charge is 2.42. The first-order valence-electron chi connectivity index (χ1n) is 11.9. The highest BCUT2D eigenvalue weighted by molar-refractivity contribution is 7.89. The maximum absolute atomic E-state index is 13.7. The first-order chi connectivity index (χ1) is 17.2. The number of nitrogens with one attached hydrogen (secondary N) is 2. The number of hydrogen-bond acceptors (Lipinski definition) is 8. The Balaban J connectivity index is 1.99. The molecule has 4 N–H and O–H groups in total. The third-order valence-corrected chi connectivity index (χ3v) is 7.64. The number of ether oxygens (including phenoxy) is 1. The Labute approximate surface area is 211 Å². The van der Waals surface area contributed by atoms with Crippen LogP contribution in [-0.4, -0.2) is 55.9 Å². The van der Waals surface area contributed by atoms with Gasteiger partial charge in [-0.15, -0.1) is 0 Å². The first kappa shape index (κ1) is 27.3. The summed E-state index contributed by atoms with van der Waals surface area (Å²) < 4.78 is 33.0. The molecular weight excluding hydrogens is 484 g/mol. The zero-order valence-electron chi connectivity index (χ0n) is 20.2. The molecule has 2 aromatic carbocycles. The summed E-state index contributed by atoms with van der Waals surface area (Å²) in [4.78, 5) is 39.0. The quantitative estimate of drug-likeness (QED) is 0.248. The van der Waals surface area contributed by atoms with Gasteiger partial charge in [-0.1, -0.05) is 35.9 Å². The van der Waals surface area contributed by atoms with Crippen molar-refractivity contribution in [2.75, 3.05) is 18.4 Å². The van der Waals surface area contributed by atoms with Crippen LogP contribution in [0, 0.1) is 6.92 Å². The number of amides is 2. The molecule has 1 fully saturated rings. The third kappa shape index (κ3) is 6.90. The van der Waals surface area contributed by atoms with Crippen molar-refractivity contribution in [2.24, 2.45) is 5.73 Å². The molecule has 2 atom stereocenters. The minimum Gasteiger partial charge on any atom is -0.390 e. The van der Waals surface area contributed by atoms with Crippen LogP contribution in [0.1, 0.15) is 37.7 Å². The molecule has 0 bridgehead atoms. The van der Waals surface area contributed by atoms with Gasteiger partial charge in [-0.25, -0.2) is 27.1 Å². The number of nitrogens with zero attached hydrogens (tertiary/aromatic N) is 1. The molecule has 1 aliphatic rings. The van der Waals surface area contributed by atoms with Gasteiger partial charge in [0.1, 0.15) is 12.1 Å². The van der Waals surface area contributed by atoms with E-state index in [1.165, 1.54) is 12.1 Å². The molecule has 10 nitrogen and oxygen atoms in total. The minimum atomic E-state index is -4.51. The highest BCUT2D eigenvalue weighted by Crippen LogP contribution is 2.24. The molecule has 0 aromatic heterocycles. The molecule has 3 rings (SSSR count). The Hall–Kier alpha value is -3.28. The van der Waals surface area contributed by atoms with Crippen molar-refractivity contribution in [3.63, 3.8) is 0 Å². The molecule has 36 heavy (non-hydrogen) atoms. The SMILES string of the molecule is Cc1ccc(S(=O)(=O)N(C(=O)Nc2ccccc2)[C@@H](CCCCN)C(=O)OC(=O)[C@@H]2CCCN2)cc1. The summed E-state index contributed by atoms with van der Waals surface area (Å²) in [6.07, 6.45) is 2.02.